The number of hydrogen-bond acceptors (Lipinski definition) is 4. The number of hydrogen-bond donors (Lipinski definition) is 1. The average molecular weight is 376 g/mol. The lowest BCUT2D eigenvalue weighted by molar-refractivity contribution is 0.0950. The largest absolute Gasteiger partial charge is 0.346 e. The fourth-order valence-electron chi connectivity index (χ4n) is 2.93. The van der Waals surface area contributed by atoms with Crippen LogP contribution >= 0.6 is 11.3 Å². The minimum Gasteiger partial charge on any atom is -0.346 e. The van der Waals surface area contributed by atoms with Crippen molar-refractivity contribution in [2.75, 3.05) is 0 Å². The van der Waals surface area contributed by atoms with E-state index in [0.29, 0.717) is 12.1 Å². The Labute approximate surface area is 161 Å². The maximum atomic E-state index is 12.5. The van der Waals surface area contributed by atoms with Crippen molar-refractivity contribution in [3.63, 3.8) is 0 Å². The number of aryl methyl sites for hydroxylation is 2. The Morgan fingerprint density at radius 2 is 1.85 bits per heavy atom. The molecule has 4 aromatic rings. The molecule has 0 atom stereocenters. The molecule has 2 heterocycles. The first-order chi connectivity index (χ1) is 13.2. The lowest BCUT2D eigenvalue weighted by Crippen LogP contribution is -2.24. The van der Waals surface area contributed by atoms with E-state index in [1.807, 2.05) is 66.0 Å². The Bertz CT molecular complexity index is 1080. The van der Waals surface area contributed by atoms with E-state index in [9.17, 15) is 4.79 Å². The lowest BCUT2D eigenvalue weighted by atomic mass is 10.1. The van der Waals surface area contributed by atoms with Gasteiger partial charge in [-0.05, 0) is 25.5 Å². The molecule has 136 valence electrons. The molecule has 4 rings (SSSR count). The number of carbonyl (C=O) groups is 1. The summed E-state index contributed by atoms with van der Waals surface area (Å²) in [5.41, 5.74) is 4.56. The fraction of sp³-hybridized carbons (Fsp3) is 0.190. The third-order valence-corrected chi connectivity index (χ3v) is 5.47. The van der Waals surface area contributed by atoms with Crippen molar-refractivity contribution in [2.45, 2.75) is 26.8 Å². The summed E-state index contributed by atoms with van der Waals surface area (Å²) >= 11 is 1.59. The van der Waals surface area contributed by atoms with E-state index in [0.717, 1.165) is 38.9 Å². The zero-order valence-electron chi connectivity index (χ0n) is 15.3. The van der Waals surface area contributed by atoms with E-state index in [1.165, 1.54) is 0 Å². The van der Waals surface area contributed by atoms with Crippen molar-refractivity contribution >= 4 is 22.2 Å². The third kappa shape index (κ3) is 3.48. The Morgan fingerprint density at radius 1 is 1.11 bits per heavy atom. The molecule has 0 aliphatic heterocycles. The standard InChI is InChI=1S/C21H20N4OS/c1-3-18-24-25-17(13-22-20(26)16-11-9-14(2)10-12-16)19(23-21(25)27-18)15-7-5-4-6-8-15/h4-12H,3,13H2,1-2H3,(H,22,26). The van der Waals surface area contributed by atoms with E-state index in [1.54, 1.807) is 11.3 Å². The van der Waals surface area contributed by atoms with Crippen molar-refractivity contribution in [1.82, 2.24) is 19.9 Å². The topological polar surface area (TPSA) is 59.3 Å². The Balaban J connectivity index is 1.67. The summed E-state index contributed by atoms with van der Waals surface area (Å²) < 4.78 is 1.86. The number of fused-ring (bicyclic) bond motifs is 1. The number of nitrogens with zero attached hydrogens (tertiary/aromatic N) is 3. The van der Waals surface area contributed by atoms with Crippen molar-refractivity contribution in [3.8, 4) is 11.3 Å². The zero-order valence-corrected chi connectivity index (χ0v) is 16.1. The molecule has 0 aliphatic rings. The van der Waals surface area contributed by atoms with Gasteiger partial charge in [0.15, 0.2) is 0 Å². The van der Waals surface area contributed by atoms with Crippen molar-refractivity contribution in [2.24, 2.45) is 0 Å². The highest BCUT2D eigenvalue weighted by Crippen LogP contribution is 2.27. The van der Waals surface area contributed by atoms with Gasteiger partial charge in [-0.25, -0.2) is 9.50 Å². The summed E-state index contributed by atoms with van der Waals surface area (Å²) in [7, 11) is 0. The number of amides is 1. The molecule has 0 saturated carbocycles. The summed E-state index contributed by atoms with van der Waals surface area (Å²) in [6, 6.07) is 17.6. The minimum atomic E-state index is -0.102. The number of nitrogens with one attached hydrogen (secondary N) is 1. The molecule has 0 radical (unpaired) electrons. The minimum absolute atomic E-state index is 0.102. The van der Waals surface area contributed by atoms with Gasteiger partial charge in [-0.2, -0.15) is 5.10 Å². The predicted octanol–water partition coefficient (Wildman–Crippen LogP) is 4.26. The van der Waals surface area contributed by atoms with Gasteiger partial charge in [0.25, 0.3) is 5.91 Å². The molecule has 5 nitrogen and oxygen atoms in total. The van der Waals surface area contributed by atoms with Gasteiger partial charge < -0.3 is 5.32 Å². The highest BCUT2D eigenvalue weighted by atomic mass is 32.1. The van der Waals surface area contributed by atoms with Gasteiger partial charge in [-0.3, -0.25) is 4.79 Å². The third-order valence-electron chi connectivity index (χ3n) is 4.42. The molecule has 2 aromatic heterocycles. The van der Waals surface area contributed by atoms with Crippen LogP contribution < -0.4 is 5.32 Å². The molecular weight excluding hydrogens is 356 g/mol. The van der Waals surface area contributed by atoms with Gasteiger partial charge in [0.1, 0.15) is 5.01 Å². The molecule has 0 saturated heterocycles. The van der Waals surface area contributed by atoms with Crippen LogP contribution in [0.2, 0.25) is 0 Å². The quantitative estimate of drug-likeness (QED) is 0.566. The SMILES string of the molecule is CCc1nn2c(CNC(=O)c3ccc(C)cc3)c(-c3ccccc3)nc2s1. The Morgan fingerprint density at radius 3 is 2.56 bits per heavy atom. The van der Waals surface area contributed by atoms with Crippen LogP contribution in [0.1, 0.15) is 33.5 Å². The van der Waals surface area contributed by atoms with Gasteiger partial charge in [0, 0.05) is 11.1 Å². The van der Waals surface area contributed by atoms with Crippen LogP contribution in [0, 0.1) is 6.92 Å². The van der Waals surface area contributed by atoms with E-state index < -0.39 is 0 Å². The van der Waals surface area contributed by atoms with Crippen molar-refractivity contribution < 1.29 is 4.79 Å². The second-order valence-corrected chi connectivity index (χ2v) is 7.41. The molecule has 6 heteroatoms. The zero-order chi connectivity index (χ0) is 18.8. The second-order valence-electron chi connectivity index (χ2n) is 6.37. The molecular formula is C21H20N4OS. The van der Waals surface area contributed by atoms with Crippen LogP contribution in [0.15, 0.2) is 54.6 Å². The first-order valence-electron chi connectivity index (χ1n) is 8.93. The number of benzene rings is 2. The van der Waals surface area contributed by atoms with Gasteiger partial charge in [0.2, 0.25) is 4.96 Å². The maximum Gasteiger partial charge on any atom is 0.251 e. The second kappa shape index (κ2) is 7.32. The van der Waals surface area contributed by atoms with Gasteiger partial charge in [0.05, 0.1) is 17.9 Å². The highest BCUT2D eigenvalue weighted by Gasteiger charge is 2.18. The van der Waals surface area contributed by atoms with E-state index in [4.69, 9.17) is 4.98 Å². The highest BCUT2D eigenvalue weighted by molar-refractivity contribution is 7.16. The van der Waals surface area contributed by atoms with Gasteiger partial charge in [-0.15, -0.1) is 0 Å². The molecule has 27 heavy (non-hydrogen) atoms. The summed E-state index contributed by atoms with van der Waals surface area (Å²) in [4.78, 5) is 18.2. The van der Waals surface area contributed by atoms with Crippen molar-refractivity contribution in [1.29, 1.82) is 0 Å². The predicted molar refractivity (Wildman–Crippen MR) is 108 cm³/mol. The maximum absolute atomic E-state index is 12.5. The molecule has 0 bridgehead atoms. The first kappa shape index (κ1) is 17.4. The molecule has 2 aromatic carbocycles. The van der Waals surface area contributed by atoms with E-state index in [-0.39, 0.29) is 5.91 Å². The Kier molecular flexibility index (Phi) is 4.73. The van der Waals surface area contributed by atoms with E-state index in [2.05, 4.69) is 17.3 Å². The normalized spacial score (nSPS) is 11.0. The summed E-state index contributed by atoms with van der Waals surface area (Å²) in [5.74, 6) is -0.102. The van der Waals surface area contributed by atoms with Gasteiger partial charge >= 0.3 is 0 Å². The molecule has 0 unspecified atom stereocenters. The summed E-state index contributed by atoms with van der Waals surface area (Å²) in [6.45, 7) is 4.45. The van der Waals surface area contributed by atoms with Crippen LogP contribution in [-0.4, -0.2) is 20.5 Å². The fourth-order valence-corrected chi connectivity index (χ4v) is 3.78. The van der Waals surface area contributed by atoms with E-state index >= 15 is 0 Å². The van der Waals surface area contributed by atoms with Crippen LogP contribution in [0.25, 0.3) is 16.2 Å². The molecule has 1 N–H and O–H groups in total. The monoisotopic (exact) mass is 376 g/mol. The number of aromatic nitrogens is 3. The van der Waals surface area contributed by atoms with Crippen molar-refractivity contribution in [3.05, 3.63) is 76.4 Å². The number of carbonyl (C=O) groups excluding carboxylic acids is 1. The molecule has 1 amide bonds. The number of imidazole rings is 1. The van der Waals surface area contributed by atoms with Gasteiger partial charge in [-0.1, -0.05) is 66.3 Å². The molecule has 0 spiro atoms. The van der Waals surface area contributed by atoms with Crippen LogP contribution in [-0.2, 0) is 13.0 Å². The summed E-state index contributed by atoms with van der Waals surface area (Å²) in [5, 5.41) is 8.71. The van der Waals surface area contributed by atoms with Crippen LogP contribution in [0.5, 0.6) is 0 Å². The van der Waals surface area contributed by atoms with Crippen LogP contribution in [0.4, 0.5) is 0 Å². The molecule has 0 fully saturated rings. The average Bonchev–Trinajstić information content (AvgIpc) is 3.25. The first-order valence-corrected chi connectivity index (χ1v) is 9.75. The number of rotatable bonds is 5. The Hall–Kier alpha value is -2.99. The van der Waals surface area contributed by atoms with Crippen LogP contribution in [0.3, 0.4) is 0 Å². The smallest absolute Gasteiger partial charge is 0.251 e. The molecule has 0 aliphatic carbocycles. The lowest BCUT2D eigenvalue weighted by Gasteiger charge is -2.07. The summed E-state index contributed by atoms with van der Waals surface area (Å²) in [6.07, 6.45) is 0.865.